The first kappa shape index (κ1) is 21.2. The van der Waals surface area contributed by atoms with E-state index in [0.717, 1.165) is 22.5 Å². The number of halogens is 2. The van der Waals surface area contributed by atoms with Crippen LogP contribution in [-0.2, 0) is 14.8 Å². The van der Waals surface area contributed by atoms with Gasteiger partial charge in [0, 0.05) is 5.69 Å². The Kier molecular flexibility index (Phi) is 5.64. The molecule has 7 nitrogen and oxygen atoms in total. The molecule has 1 N–H and O–H groups in total. The smallest absolute Gasteiger partial charge is 0.412 e. The summed E-state index contributed by atoms with van der Waals surface area (Å²) in [6.07, 6.45) is -0.672. The number of nitrogens with zero attached hydrogens (tertiary/aromatic N) is 1. The van der Waals surface area contributed by atoms with Gasteiger partial charge < -0.3 is 9.47 Å². The number of ether oxygens (including phenoxy) is 2. The quantitative estimate of drug-likeness (QED) is 0.760. The maximum absolute atomic E-state index is 13.4. The number of hydrogen-bond donors (Lipinski definition) is 1. The maximum atomic E-state index is 13.4. The molecule has 2 aromatic rings. The van der Waals surface area contributed by atoms with Crippen molar-refractivity contribution in [2.75, 3.05) is 22.8 Å². The molecular weight excluding hydrogens is 423 g/mol. The lowest BCUT2D eigenvalue weighted by molar-refractivity contribution is 0.0636. The van der Waals surface area contributed by atoms with Crippen molar-refractivity contribution < 1.29 is 27.1 Å². The number of sulfonamides is 1. The summed E-state index contributed by atoms with van der Waals surface area (Å²) < 4.78 is 51.5. The Hall–Kier alpha value is -2.52. The first-order valence-corrected chi connectivity index (χ1v) is 10.5. The SMILES string of the molecule is CC(C)(C)OC(=O)Nc1ccc2c(c1)N(S(=O)(=O)c1ccc(F)c(Cl)c1)CCO2. The molecule has 3 rings (SSSR count). The molecule has 1 aliphatic heterocycles. The van der Waals surface area contributed by atoms with Gasteiger partial charge in [-0.05, 0) is 57.2 Å². The van der Waals surface area contributed by atoms with Gasteiger partial charge >= 0.3 is 6.09 Å². The first-order chi connectivity index (χ1) is 13.5. The molecule has 0 aromatic heterocycles. The zero-order valence-corrected chi connectivity index (χ0v) is 17.6. The van der Waals surface area contributed by atoms with Crippen LogP contribution >= 0.6 is 11.6 Å². The minimum Gasteiger partial charge on any atom is -0.489 e. The van der Waals surface area contributed by atoms with Crippen LogP contribution in [0.4, 0.5) is 20.6 Å². The van der Waals surface area contributed by atoms with E-state index in [1.165, 1.54) is 6.07 Å². The Labute approximate surface area is 173 Å². The predicted octanol–water partition coefficient (Wildman–Crippen LogP) is 4.41. The number of carbonyl (C=O) groups is 1. The van der Waals surface area contributed by atoms with Crippen LogP contribution < -0.4 is 14.4 Å². The molecule has 29 heavy (non-hydrogen) atoms. The summed E-state index contributed by atoms with van der Waals surface area (Å²) in [5.41, 5.74) is -0.107. The summed E-state index contributed by atoms with van der Waals surface area (Å²) in [4.78, 5) is 11.9. The molecule has 0 saturated carbocycles. The lowest BCUT2D eigenvalue weighted by atomic mass is 10.2. The van der Waals surface area contributed by atoms with Gasteiger partial charge in [-0.2, -0.15) is 0 Å². The molecule has 0 atom stereocenters. The average molecular weight is 443 g/mol. The normalized spacial score (nSPS) is 14.0. The molecule has 0 fully saturated rings. The third kappa shape index (κ3) is 4.73. The van der Waals surface area contributed by atoms with Crippen LogP contribution in [0.3, 0.4) is 0 Å². The number of fused-ring (bicyclic) bond motifs is 1. The summed E-state index contributed by atoms with van der Waals surface area (Å²) in [5, 5.41) is 2.28. The van der Waals surface area contributed by atoms with Gasteiger partial charge in [0.05, 0.1) is 22.2 Å². The van der Waals surface area contributed by atoms with Gasteiger partial charge in [-0.15, -0.1) is 0 Å². The molecular formula is C19H20ClFN2O5S. The molecule has 1 amide bonds. The number of anilines is 2. The van der Waals surface area contributed by atoms with E-state index in [0.29, 0.717) is 11.4 Å². The molecule has 0 radical (unpaired) electrons. The summed E-state index contributed by atoms with van der Waals surface area (Å²) in [7, 11) is -4.03. The van der Waals surface area contributed by atoms with Gasteiger partial charge in [0.1, 0.15) is 23.8 Å². The van der Waals surface area contributed by atoms with Gasteiger partial charge in [0.25, 0.3) is 10.0 Å². The fourth-order valence-corrected chi connectivity index (χ4v) is 4.43. The zero-order valence-electron chi connectivity index (χ0n) is 16.0. The van der Waals surface area contributed by atoms with Crippen LogP contribution in [0.15, 0.2) is 41.3 Å². The second-order valence-corrected chi connectivity index (χ2v) is 9.58. The van der Waals surface area contributed by atoms with E-state index in [1.54, 1.807) is 32.9 Å². The number of benzene rings is 2. The highest BCUT2D eigenvalue weighted by Gasteiger charge is 2.31. The number of nitrogens with one attached hydrogen (secondary N) is 1. The lowest BCUT2D eigenvalue weighted by Crippen LogP contribution is -2.38. The average Bonchev–Trinajstić information content (AvgIpc) is 2.61. The molecule has 0 aliphatic carbocycles. The van der Waals surface area contributed by atoms with Crippen LogP contribution in [-0.4, -0.2) is 33.3 Å². The Morgan fingerprint density at radius 2 is 1.97 bits per heavy atom. The van der Waals surface area contributed by atoms with E-state index in [4.69, 9.17) is 21.1 Å². The number of hydrogen-bond acceptors (Lipinski definition) is 5. The summed E-state index contributed by atoms with van der Waals surface area (Å²) in [6, 6.07) is 7.81. The largest absolute Gasteiger partial charge is 0.489 e. The summed E-state index contributed by atoms with van der Waals surface area (Å²) in [5.74, 6) is -0.375. The van der Waals surface area contributed by atoms with Gasteiger partial charge in [-0.3, -0.25) is 9.62 Å². The first-order valence-electron chi connectivity index (χ1n) is 8.72. The molecule has 1 heterocycles. The van der Waals surface area contributed by atoms with Crippen molar-refractivity contribution in [1.29, 1.82) is 0 Å². The predicted molar refractivity (Wildman–Crippen MR) is 108 cm³/mol. The standard InChI is InChI=1S/C19H20ClFN2O5S/c1-19(2,3)28-18(24)22-12-4-7-17-16(10-12)23(8-9-27-17)29(25,26)13-5-6-15(21)14(20)11-13/h4-7,10-11H,8-9H2,1-3H3,(H,22,24). The minimum absolute atomic E-state index is 0.0419. The van der Waals surface area contributed by atoms with E-state index in [-0.39, 0.29) is 28.8 Å². The second-order valence-electron chi connectivity index (χ2n) is 7.31. The Balaban J connectivity index is 1.94. The van der Waals surface area contributed by atoms with Crippen molar-refractivity contribution >= 4 is 39.1 Å². The summed E-state index contributed by atoms with van der Waals surface area (Å²) >= 11 is 5.75. The minimum atomic E-state index is -4.03. The second kappa shape index (κ2) is 7.72. The van der Waals surface area contributed by atoms with Gasteiger partial charge in [-0.1, -0.05) is 11.6 Å². The zero-order chi connectivity index (χ0) is 21.4. The molecule has 0 saturated heterocycles. The third-order valence-corrected chi connectivity index (χ3v) is 6.00. The third-order valence-electron chi connectivity index (χ3n) is 3.90. The maximum Gasteiger partial charge on any atom is 0.412 e. The Morgan fingerprint density at radius 3 is 2.62 bits per heavy atom. The number of carbonyl (C=O) groups excluding carboxylic acids is 1. The van der Waals surface area contributed by atoms with Gasteiger partial charge in [0.15, 0.2) is 0 Å². The molecule has 0 unspecified atom stereocenters. The van der Waals surface area contributed by atoms with Crippen molar-refractivity contribution in [3.63, 3.8) is 0 Å². The molecule has 2 aromatic carbocycles. The summed E-state index contributed by atoms with van der Waals surface area (Å²) in [6.45, 7) is 5.38. The van der Waals surface area contributed by atoms with Crippen LogP contribution in [0.25, 0.3) is 0 Å². The lowest BCUT2D eigenvalue weighted by Gasteiger charge is -2.31. The molecule has 156 valence electrons. The molecule has 10 heteroatoms. The molecule has 0 spiro atoms. The monoisotopic (exact) mass is 442 g/mol. The van der Waals surface area contributed by atoms with E-state index >= 15 is 0 Å². The van der Waals surface area contributed by atoms with E-state index in [1.807, 2.05) is 0 Å². The highest BCUT2D eigenvalue weighted by atomic mass is 35.5. The Bertz CT molecular complexity index is 1050. The highest BCUT2D eigenvalue weighted by Crippen LogP contribution is 2.38. The number of rotatable bonds is 3. The number of amides is 1. The van der Waals surface area contributed by atoms with Crippen LogP contribution in [0.2, 0.25) is 5.02 Å². The molecule has 0 bridgehead atoms. The van der Waals surface area contributed by atoms with E-state index < -0.39 is 27.5 Å². The van der Waals surface area contributed by atoms with Crippen LogP contribution in [0, 0.1) is 5.82 Å². The fourth-order valence-electron chi connectivity index (χ4n) is 2.71. The van der Waals surface area contributed by atoms with Crippen LogP contribution in [0.1, 0.15) is 20.8 Å². The van der Waals surface area contributed by atoms with Crippen molar-refractivity contribution in [3.05, 3.63) is 47.2 Å². The van der Waals surface area contributed by atoms with Crippen molar-refractivity contribution in [3.8, 4) is 5.75 Å². The highest BCUT2D eigenvalue weighted by molar-refractivity contribution is 7.92. The van der Waals surface area contributed by atoms with E-state index in [9.17, 15) is 17.6 Å². The van der Waals surface area contributed by atoms with Gasteiger partial charge in [0.2, 0.25) is 0 Å². The van der Waals surface area contributed by atoms with Crippen molar-refractivity contribution in [2.45, 2.75) is 31.3 Å². The van der Waals surface area contributed by atoms with Crippen molar-refractivity contribution in [1.82, 2.24) is 0 Å². The van der Waals surface area contributed by atoms with Gasteiger partial charge in [-0.25, -0.2) is 17.6 Å². The van der Waals surface area contributed by atoms with Crippen molar-refractivity contribution in [2.24, 2.45) is 0 Å². The van der Waals surface area contributed by atoms with Crippen LogP contribution in [0.5, 0.6) is 5.75 Å². The topological polar surface area (TPSA) is 84.9 Å². The van der Waals surface area contributed by atoms with E-state index in [2.05, 4.69) is 5.32 Å². The fraction of sp³-hybridized carbons (Fsp3) is 0.316. The molecule has 1 aliphatic rings. The Morgan fingerprint density at radius 1 is 1.24 bits per heavy atom.